The van der Waals surface area contributed by atoms with E-state index in [2.05, 4.69) is 37.6 Å². The highest BCUT2D eigenvalue weighted by Gasteiger charge is 2.18. The summed E-state index contributed by atoms with van der Waals surface area (Å²) in [6, 6.07) is 9.87. The zero-order valence-corrected chi connectivity index (χ0v) is 13.7. The van der Waals surface area contributed by atoms with Crippen LogP contribution in [0.5, 0.6) is 5.75 Å². The standard InChI is InChI=1S/C16H21NO2Si/c1-12-8-9-16(19-20(3,4)5)14(11-12)17-13(2)15-7-6-10-18-15/h6-11H,1-5H3. The van der Waals surface area contributed by atoms with Crippen molar-refractivity contribution in [3.8, 4) is 5.75 Å². The second kappa shape index (κ2) is 5.67. The van der Waals surface area contributed by atoms with E-state index in [0.29, 0.717) is 0 Å². The molecule has 0 unspecified atom stereocenters. The van der Waals surface area contributed by atoms with E-state index < -0.39 is 8.32 Å². The fourth-order valence-corrected chi connectivity index (χ4v) is 2.68. The summed E-state index contributed by atoms with van der Waals surface area (Å²) >= 11 is 0. The Balaban J connectivity index is 2.39. The second-order valence-electron chi connectivity index (χ2n) is 5.86. The topological polar surface area (TPSA) is 34.7 Å². The zero-order chi connectivity index (χ0) is 14.8. The van der Waals surface area contributed by atoms with Crippen LogP contribution >= 0.6 is 0 Å². The van der Waals surface area contributed by atoms with Crippen LogP contribution in [0.4, 0.5) is 5.69 Å². The molecule has 1 aromatic heterocycles. The first-order valence-electron chi connectivity index (χ1n) is 6.74. The smallest absolute Gasteiger partial charge is 0.242 e. The minimum absolute atomic E-state index is 0.783. The Morgan fingerprint density at radius 3 is 2.55 bits per heavy atom. The number of nitrogens with zero attached hydrogens (tertiary/aromatic N) is 1. The van der Waals surface area contributed by atoms with Gasteiger partial charge in [-0.25, -0.2) is 4.99 Å². The summed E-state index contributed by atoms with van der Waals surface area (Å²) in [5.74, 6) is 1.63. The molecule has 1 heterocycles. The lowest BCUT2D eigenvalue weighted by Crippen LogP contribution is -2.29. The van der Waals surface area contributed by atoms with Crippen molar-refractivity contribution >= 4 is 19.7 Å². The molecular formula is C16H21NO2Si. The minimum atomic E-state index is -1.66. The van der Waals surface area contributed by atoms with Gasteiger partial charge in [-0.2, -0.15) is 0 Å². The first-order valence-corrected chi connectivity index (χ1v) is 10.1. The van der Waals surface area contributed by atoms with Crippen LogP contribution in [0.25, 0.3) is 0 Å². The Hall–Kier alpha value is -1.81. The van der Waals surface area contributed by atoms with Crippen molar-refractivity contribution in [3.63, 3.8) is 0 Å². The van der Waals surface area contributed by atoms with E-state index in [0.717, 1.165) is 22.9 Å². The van der Waals surface area contributed by atoms with E-state index in [1.807, 2.05) is 31.2 Å². The highest BCUT2D eigenvalue weighted by Crippen LogP contribution is 2.31. The third kappa shape index (κ3) is 3.84. The third-order valence-electron chi connectivity index (χ3n) is 2.70. The predicted molar refractivity (Wildman–Crippen MR) is 85.7 cm³/mol. The average molecular weight is 287 g/mol. The largest absolute Gasteiger partial charge is 0.543 e. The van der Waals surface area contributed by atoms with E-state index in [1.54, 1.807) is 6.26 Å². The van der Waals surface area contributed by atoms with E-state index in [-0.39, 0.29) is 0 Å². The van der Waals surface area contributed by atoms with Crippen molar-refractivity contribution in [2.45, 2.75) is 33.5 Å². The molecular weight excluding hydrogens is 266 g/mol. The van der Waals surface area contributed by atoms with Crippen LogP contribution in [0.1, 0.15) is 18.2 Å². The molecule has 0 saturated heterocycles. The molecule has 0 radical (unpaired) electrons. The number of aryl methyl sites for hydroxylation is 1. The van der Waals surface area contributed by atoms with Crippen molar-refractivity contribution in [1.82, 2.24) is 0 Å². The van der Waals surface area contributed by atoms with Gasteiger partial charge < -0.3 is 8.84 Å². The van der Waals surface area contributed by atoms with Gasteiger partial charge in [-0.15, -0.1) is 0 Å². The molecule has 0 aliphatic rings. The Morgan fingerprint density at radius 1 is 1.20 bits per heavy atom. The van der Waals surface area contributed by atoms with E-state index in [1.165, 1.54) is 5.56 Å². The lowest BCUT2D eigenvalue weighted by molar-refractivity contribution is 0.555. The maximum atomic E-state index is 6.11. The highest BCUT2D eigenvalue weighted by atomic mass is 28.4. The monoisotopic (exact) mass is 287 g/mol. The van der Waals surface area contributed by atoms with Crippen LogP contribution < -0.4 is 4.43 Å². The molecule has 0 saturated carbocycles. The molecule has 0 bridgehead atoms. The fraction of sp³-hybridized carbons (Fsp3) is 0.312. The van der Waals surface area contributed by atoms with Gasteiger partial charge in [0.05, 0.1) is 12.0 Å². The predicted octanol–water partition coefficient (Wildman–Crippen LogP) is 4.94. The SMILES string of the molecule is CC(=Nc1cc(C)ccc1O[Si](C)(C)C)c1ccco1. The molecule has 0 fully saturated rings. The molecule has 4 heteroatoms. The summed E-state index contributed by atoms with van der Waals surface area (Å²) in [6.45, 7) is 10.5. The number of hydrogen-bond acceptors (Lipinski definition) is 3. The third-order valence-corrected chi connectivity index (χ3v) is 3.53. The van der Waals surface area contributed by atoms with Crippen molar-refractivity contribution in [3.05, 3.63) is 47.9 Å². The van der Waals surface area contributed by atoms with E-state index in [9.17, 15) is 0 Å². The summed E-state index contributed by atoms with van der Waals surface area (Å²) in [6.07, 6.45) is 1.66. The maximum Gasteiger partial charge on any atom is 0.242 e. The number of aliphatic imine (C=N–C) groups is 1. The molecule has 20 heavy (non-hydrogen) atoms. The minimum Gasteiger partial charge on any atom is -0.543 e. The number of benzene rings is 1. The quantitative estimate of drug-likeness (QED) is 0.589. The number of hydrogen-bond donors (Lipinski definition) is 0. The Morgan fingerprint density at radius 2 is 1.95 bits per heavy atom. The molecule has 0 spiro atoms. The van der Waals surface area contributed by atoms with Crippen LogP contribution in [0.3, 0.4) is 0 Å². The maximum absolute atomic E-state index is 6.11. The summed E-state index contributed by atoms with van der Waals surface area (Å²) in [4.78, 5) is 4.67. The first-order chi connectivity index (χ1) is 9.35. The molecule has 106 valence electrons. The van der Waals surface area contributed by atoms with Gasteiger partial charge in [0.2, 0.25) is 8.32 Å². The van der Waals surface area contributed by atoms with Crippen LogP contribution in [0.15, 0.2) is 46.0 Å². The van der Waals surface area contributed by atoms with Gasteiger partial charge in [0.25, 0.3) is 0 Å². The van der Waals surface area contributed by atoms with Gasteiger partial charge in [0, 0.05) is 0 Å². The second-order valence-corrected chi connectivity index (χ2v) is 10.3. The molecule has 2 rings (SSSR count). The zero-order valence-electron chi connectivity index (χ0n) is 12.7. The lowest BCUT2D eigenvalue weighted by atomic mass is 10.2. The van der Waals surface area contributed by atoms with Crippen LogP contribution in [0.2, 0.25) is 19.6 Å². The van der Waals surface area contributed by atoms with Crippen LogP contribution in [0, 0.1) is 6.92 Å². The van der Waals surface area contributed by atoms with Gasteiger partial charge >= 0.3 is 0 Å². The molecule has 0 aliphatic heterocycles. The Labute approximate surface area is 121 Å². The molecule has 0 amide bonds. The summed E-state index contributed by atoms with van der Waals surface area (Å²) in [5.41, 5.74) is 2.88. The first kappa shape index (κ1) is 14.6. The molecule has 3 nitrogen and oxygen atoms in total. The summed E-state index contributed by atoms with van der Waals surface area (Å²) < 4.78 is 11.5. The van der Waals surface area contributed by atoms with Crippen molar-refractivity contribution in [2.75, 3.05) is 0 Å². The van der Waals surface area contributed by atoms with E-state index >= 15 is 0 Å². The fourth-order valence-electron chi connectivity index (χ4n) is 1.85. The van der Waals surface area contributed by atoms with Gasteiger partial charge in [0.1, 0.15) is 17.2 Å². The van der Waals surface area contributed by atoms with Gasteiger partial charge in [-0.05, 0) is 63.3 Å². The number of furan rings is 1. The van der Waals surface area contributed by atoms with Crippen molar-refractivity contribution < 1.29 is 8.84 Å². The van der Waals surface area contributed by atoms with Crippen LogP contribution in [-0.2, 0) is 0 Å². The Kier molecular flexibility index (Phi) is 4.14. The highest BCUT2D eigenvalue weighted by molar-refractivity contribution is 6.70. The van der Waals surface area contributed by atoms with Gasteiger partial charge in [0.15, 0.2) is 0 Å². The Bertz CT molecular complexity index is 610. The molecule has 0 aliphatic carbocycles. The lowest BCUT2D eigenvalue weighted by Gasteiger charge is -2.20. The number of rotatable bonds is 4. The van der Waals surface area contributed by atoms with Crippen molar-refractivity contribution in [1.29, 1.82) is 0 Å². The molecule has 1 aromatic carbocycles. The van der Waals surface area contributed by atoms with Gasteiger partial charge in [-0.3, -0.25) is 0 Å². The average Bonchev–Trinajstić information content (AvgIpc) is 2.85. The normalized spacial score (nSPS) is 12.6. The van der Waals surface area contributed by atoms with Crippen molar-refractivity contribution in [2.24, 2.45) is 4.99 Å². The summed E-state index contributed by atoms with van der Waals surface area (Å²) in [5, 5.41) is 0. The summed E-state index contributed by atoms with van der Waals surface area (Å²) in [7, 11) is -1.66. The van der Waals surface area contributed by atoms with Gasteiger partial charge in [-0.1, -0.05) is 6.07 Å². The van der Waals surface area contributed by atoms with E-state index in [4.69, 9.17) is 8.84 Å². The molecule has 0 N–H and O–H groups in total. The van der Waals surface area contributed by atoms with Crippen LogP contribution in [-0.4, -0.2) is 14.0 Å². The molecule has 2 aromatic rings. The molecule has 0 atom stereocenters.